The van der Waals surface area contributed by atoms with Crippen LogP contribution < -0.4 is 5.32 Å². The lowest BCUT2D eigenvalue weighted by Gasteiger charge is -2.27. The highest BCUT2D eigenvalue weighted by molar-refractivity contribution is 4.86. The van der Waals surface area contributed by atoms with Crippen LogP contribution in [0.1, 0.15) is 39.5 Å². The Labute approximate surface area is 98.9 Å². The molecule has 1 saturated heterocycles. The highest BCUT2D eigenvalue weighted by Gasteiger charge is 2.31. The van der Waals surface area contributed by atoms with Crippen molar-refractivity contribution in [2.45, 2.75) is 51.7 Å². The molecule has 1 aliphatic heterocycles. The molecule has 2 fully saturated rings. The van der Waals surface area contributed by atoms with Crippen LogP contribution in [-0.2, 0) is 9.47 Å². The molecule has 94 valence electrons. The lowest BCUT2D eigenvalue weighted by Crippen LogP contribution is -2.40. The minimum Gasteiger partial charge on any atom is -0.355 e. The number of hydrogen-bond donors (Lipinski definition) is 1. The van der Waals surface area contributed by atoms with E-state index < -0.39 is 0 Å². The molecule has 1 heterocycles. The first-order valence-corrected chi connectivity index (χ1v) is 6.74. The minimum atomic E-state index is 0.363. The molecule has 0 spiro atoms. The molecular formula is C13H25NO2. The maximum Gasteiger partial charge on any atom is 0.147 e. The Bertz CT molecular complexity index is 204. The molecule has 0 aromatic heterocycles. The third-order valence-corrected chi connectivity index (χ3v) is 4.33. The van der Waals surface area contributed by atoms with Crippen molar-refractivity contribution < 1.29 is 9.47 Å². The Morgan fingerprint density at radius 2 is 2.12 bits per heavy atom. The lowest BCUT2D eigenvalue weighted by atomic mass is 9.93. The van der Waals surface area contributed by atoms with Gasteiger partial charge in [0.2, 0.25) is 0 Å². The van der Waals surface area contributed by atoms with Crippen molar-refractivity contribution in [1.29, 1.82) is 0 Å². The zero-order chi connectivity index (χ0) is 11.4. The summed E-state index contributed by atoms with van der Waals surface area (Å²) in [5.74, 6) is 1.75. The minimum absolute atomic E-state index is 0.363. The molecule has 2 rings (SSSR count). The van der Waals surface area contributed by atoms with Gasteiger partial charge in [-0.1, -0.05) is 20.3 Å². The SMILES string of the molecule is CCC1CCC(NCC2CCOCO2)C1C. The van der Waals surface area contributed by atoms with Crippen LogP contribution in [0.4, 0.5) is 0 Å². The van der Waals surface area contributed by atoms with E-state index in [0.717, 1.165) is 31.4 Å². The smallest absolute Gasteiger partial charge is 0.147 e. The standard InChI is InChI=1S/C13H25NO2/c1-3-11-4-5-13(10(11)2)14-8-12-6-7-15-9-16-12/h10-14H,3-9H2,1-2H3. The normalized spacial score (nSPS) is 40.1. The molecule has 4 atom stereocenters. The molecule has 0 aromatic rings. The predicted molar refractivity (Wildman–Crippen MR) is 64.3 cm³/mol. The molecule has 1 N–H and O–H groups in total. The van der Waals surface area contributed by atoms with Gasteiger partial charge in [0.25, 0.3) is 0 Å². The van der Waals surface area contributed by atoms with Crippen molar-refractivity contribution in [1.82, 2.24) is 5.32 Å². The highest BCUT2D eigenvalue weighted by Crippen LogP contribution is 2.33. The molecule has 3 nitrogen and oxygen atoms in total. The van der Waals surface area contributed by atoms with Gasteiger partial charge in [0, 0.05) is 12.6 Å². The first-order valence-electron chi connectivity index (χ1n) is 6.74. The van der Waals surface area contributed by atoms with E-state index in [1.54, 1.807) is 0 Å². The second kappa shape index (κ2) is 5.99. The summed E-state index contributed by atoms with van der Waals surface area (Å²) >= 11 is 0. The van der Waals surface area contributed by atoms with Gasteiger partial charge >= 0.3 is 0 Å². The Morgan fingerprint density at radius 1 is 1.25 bits per heavy atom. The van der Waals surface area contributed by atoms with Crippen molar-refractivity contribution in [3.05, 3.63) is 0 Å². The number of nitrogens with one attached hydrogen (secondary N) is 1. The van der Waals surface area contributed by atoms with E-state index in [1.807, 2.05) is 0 Å². The molecule has 1 aliphatic carbocycles. The van der Waals surface area contributed by atoms with Crippen molar-refractivity contribution >= 4 is 0 Å². The lowest BCUT2D eigenvalue weighted by molar-refractivity contribution is -0.137. The van der Waals surface area contributed by atoms with Crippen LogP contribution >= 0.6 is 0 Å². The second-order valence-electron chi connectivity index (χ2n) is 5.22. The van der Waals surface area contributed by atoms with Crippen LogP contribution in [0, 0.1) is 11.8 Å². The highest BCUT2D eigenvalue weighted by atomic mass is 16.7. The molecule has 16 heavy (non-hydrogen) atoms. The fraction of sp³-hybridized carbons (Fsp3) is 1.00. The molecule has 0 amide bonds. The van der Waals surface area contributed by atoms with Crippen LogP contribution in [0.3, 0.4) is 0 Å². The Balaban J connectivity index is 1.69. The largest absolute Gasteiger partial charge is 0.355 e. The summed E-state index contributed by atoms with van der Waals surface area (Å²) in [6.07, 6.45) is 5.45. The summed E-state index contributed by atoms with van der Waals surface area (Å²) in [6, 6.07) is 0.705. The van der Waals surface area contributed by atoms with Crippen molar-refractivity contribution in [3.8, 4) is 0 Å². The van der Waals surface area contributed by atoms with E-state index in [1.165, 1.54) is 19.3 Å². The summed E-state index contributed by atoms with van der Waals surface area (Å²) in [6.45, 7) is 7.03. The van der Waals surface area contributed by atoms with E-state index in [9.17, 15) is 0 Å². The van der Waals surface area contributed by atoms with E-state index in [2.05, 4.69) is 19.2 Å². The van der Waals surface area contributed by atoms with Gasteiger partial charge in [-0.15, -0.1) is 0 Å². The van der Waals surface area contributed by atoms with Crippen LogP contribution in [0.5, 0.6) is 0 Å². The molecular weight excluding hydrogens is 202 g/mol. The Hall–Kier alpha value is -0.120. The van der Waals surface area contributed by atoms with Gasteiger partial charge in [-0.25, -0.2) is 0 Å². The second-order valence-corrected chi connectivity index (χ2v) is 5.22. The van der Waals surface area contributed by atoms with Gasteiger partial charge in [-0.05, 0) is 31.1 Å². The molecule has 0 radical (unpaired) electrons. The van der Waals surface area contributed by atoms with Gasteiger partial charge in [-0.3, -0.25) is 0 Å². The summed E-state index contributed by atoms with van der Waals surface area (Å²) in [5.41, 5.74) is 0. The Kier molecular flexibility index (Phi) is 4.62. The maximum absolute atomic E-state index is 5.54. The molecule has 0 aromatic carbocycles. The molecule has 1 saturated carbocycles. The van der Waals surface area contributed by atoms with E-state index in [0.29, 0.717) is 18.9 Å². The summed E-state index contributed by atoms with van der Waals surface area (Å²) in [7, 11) is 0. The quantitative estimate of drug-likeness (QED) is 0.798. The average molecular weight is 227 g/mol. The third kappa shape index (κ3) is 2.96. The van der Waals surface area contributed by atoms with Gasteiger partial charge in [0.15, 0.2) is 0 Å². The zero-order valence-corrected chi connectivity index (χ0v) is 10.6. The fourth-order valence-corrected chi connectivity index (χ4v) is 3.06. The monoisotopic (exact) mass is 227 g/mol. The maximum atomic E-state index is 5.54. The fourth-order valence-electron chi connectivity index (χ4n) is 3.06. The van der Waals surface area contributed by atoms with Crippen molar-refractivity contribution in [2.75, 3.05) is 19.9 Å². The van der Waals surface area contributed by atoms with Crippen LogP contribution in [0.15, 0.2) is 0 Å². The molecule has 3 heteroatoms. The van der Waals surface area contributed by atoms with Gasteiger partial charge in [0.1, 0.15) is 6.79 Å². The summed E-state index contributed by atoms with van der Waals surface area (Å²) in [5, 5.41) is 3.68. The van der Waals surface area contributed by atoms with Crippen molar-refractivity contribution in [2.24, 2.45) is 11.8 Å². The van der Waals surface area contributed by atoms with Gasteiger partial charge < -0.3 is 14.8 Å². The molecule has 4 unspecified atom stereocenters. The first kappa shape index (κ1) is 12.3. The molecule has 0 bridgehead atoms. The summed E-state index contributed by atoms with van der Waals surface area (Å²) in [4.78, 5) is 0. The predicted octanol–water partition coefficient (Wildman–Crippen LogP) is 2.16. The van der Waals surface area contributed by atoms with Crippen LogP contribution in [0.25, 0.3) is 0 Å². The zero-order valence-electron chi connectivity index (χ0n) is 10.6. The van der Waals surface area contributed by atoms with Crippen LogP contribution in [0.2, 0.25) is 0 Å². The van der Waals surface area contributed by atoms with Gasteiger partial charge in [-0.2, -0.15) is 0 Å². The van der Waals surface area contributed by atoms with Gasteiger partial charge in [0.05, 0.1) is 12.7 Å². The van der Waals surface area contributed by atoms with E-state index in [-0.39, 0.29) is 0 Å². The summed E-state index contributed by atoms with van der Waals surface area (Å²) < 4.78 is 10.7. The average Bonchev–Trinajstić information content (AvgIpc) is 2.69. The topological polar surface area (TPSA) is 30.5 Å². The van der Waals surface area contributed by atoms with E-state index >= 15 is 0 Å². The van der Waals surface area contributed by atoms with Crippen LogP contribution in [-0.4, -0.2) is 32.1 Å². The number of hydrogen-bond acceptors (Lipinski definition) is 3. The third-order valence-electron chi connectivity index (χ3n) is 4.33. The number of rotatable bonds is 4. The number of ether oxygens (including phenoxy) is 2. The molecule has 2 aliphatic rings. The first-order chi connectivity index (χ1) is 7.81. The van der Waals surface area contributed by atoms with E-state index in [4.69, 9.17) is 9.47 Å². The Morgan fingerprint density at radius 3 is 2.75 bits per heavy atom. The van der Waals surface area contributed by atoms with Crippen molar-refractivity contribution in [3.63, 3.8) is 0 Å².